The number of ether oxygens (including phenoxy) is 2. The number of hydrogen-bond acceptors (Lipinski definition) is 7. The number of rotatable bonds is 8. The van der Waals surface area contributed by atoms with Gasteiger partial charge in [0.25, 0.3) is 11.6 Å². The molecular formula is C25H18BrFN2O5S2. The Kier molecular flexibility index (Phi) is 8.02. The van der Waals surface area contributed by atoms with Crippen molar-refractivity contribution in [1.29, 1.82) is 0 Å². The summed E-state index contributed by atoms with van der Waals surface area (Å²) in [7, 11) is 0. The van der Waals surface area contributed by atoms with Crippen LogP contribution in [-0.4, -0.2) is 21.8 Å². The largest absolute Gasteiger partial charge is 0.490 e. The van der Waals surface area contributed by atoms with Crippen molar-refractivity contribution in [1.82, 2.24) is 0 Å². The number of carbonyl (C=O) groups excluding carboxylic acids is 1. The van der Waals surface area contributed by atoms with Crippen molar-refractivity contribution in [3.8, 4) is 11.5 Å². The third kappa shape index (κ3) is 5.58. The highest BCUT2D eigenvalue weighted by Gasteiger charge is 2.33. The highest BCUT2D eigenvalue weighted by atomic mass is 79.9. The zero-order chi connectivity index (χ0) is 25.8. The average molecular weight is 589 g/mol. The van der Waals surface area contributed by atoms with Gasteiger partial charge >= 0.3 is 0 Å². The van der Waals surface area contributed by atoms with Crippen LogP contribution >= 0.6 is 39.9 Å². The number of anilines is 1. The van der Waals surface area contributed by atoms with Gasteiger partial charge in [-0.2, -0.15) is 0 Å². The third-order valence-corrected chi connectivity index (χ3v) is 6.96. The number of hydrogen-bond donors (Lipinski definition) is 0. The molecule has 1 amide bonds. The Hall–Kier alpha value is -3.28. The summed E-state index contributed by atoms with van der Waals surface area (Å²) >= 11 is 10.0. The van der Waals surface area contributed by atoms with Gasteiger partial charge in [-0.05, 0) is 64.8 Å². The number of nitro benzene ring substituents is 1. The van der Waals surface area contributed by atoms with Crippen molar-refractivity contribution in [2.75, 3.05) is 11.5 Å². The van der Waals surface area contributed by atoms with Gasteiger partial charge < -0.3 is 9.47 Å². The number of nitro groups is 1. The van der Waals surface area contributed by atoms with E-state index in [4.69, 9.17) is 21.7 Å². The van der Waals surface area contributed by atoms with Crippen LogP contribution in [0.15, 0.2) is 70.0 Å². The van der Waals surface area contributed by atoms with Gasteiger partial charge in [-0.15, -0.1) is 0 Å². The number of thiocarbonyl (C=S) groups is 1. The van der Waals surface area contributed by atoms with Gasteiger partial charge in [0.15, 0.2) is 15.8 Å². The molecule has 11 heteroatoms. The summed E-state index contributed by atoms with van der Waals surface area (Å²) in [4.78, 5) is 25.2. The lowest BCUT2D eigenvalue weighted by molar-refractivity contribution is -0.384. The van der Waals surface area contributed by atoms with Crippen LogP contribution in [0.3, 0.4) is 0 Å². The van der Waals surface area contributed by atoms with Crippen LogP contribution in [0.25, 0.3) is 6.08 Å². The fourth-order valence-electron chi connectivity index (χ4n) is 3.40. The predicted molar refractivity (Wildman–Crippen MR) is 145 cm³/mol. The zero-order valence-corrected chi connectivity index (χ0v) is 22.0. The van der Waals surface area contributed by atoms with E-state index in [0.29, 0.717) is 48.6 Å². The quantitative estimate of drug-likeness (QED) is 0.123. The van der Waals surface area contributed by atoms with E-state index in [1.54, 1.807) is 36.4 Å². The Morgan fingerprint density at radius 1 is 1.17 bits per heavy atom. The second kappa shape index (κ2) is 11.2. The lowest BCUT2D eigenvalue weighted by Crippen LogP contribution is -2.27. The molecule has 1 heterocycles. The molecule has 0 radical (unpaired) electrons. The molecule has 0 unspecified atom stereocenters. The van der Waals surface area contributed by atoms with Crippen LogP contribution in [0.1, 0.15) is 18.1 Å². The predicted octanol–water partition coefficient (Wildman–Crippen LogP) is 6.88. The van der Waals surface area contributed by atoms with E-state index in [-0.39, 0.29) is 24.0 Å². The monoisotopic (exact) mass is 588 g/mol. The number of carbonyl (C=O) groups is 1. The van der Waals surface area contributed by atoms with Gasteiger partial charge in [-0.25, -0.2) is 4.39 Å². The van der Waals surface area contributed by atoms with Gasteiger partial charge in [-0.1, -0.05) is 42.2 Å². The first kappa shape index (κ1) is 25.8. The van der Waals surface area contributed by atoms with E-state index < -0.39 is 4.92 Å². The Morgan fingerprint density at radius 3 is 2.56 bits per heavy atom. The van der Waals surface area contributed by atoms with Crippen molar-refractivity contribution < 1.29 is 23.6 Å². The molecule has 1 aliphatic rings. The highest BCUT2D eigenvalue weighted by Crippen LogP contribution is 2.41. The van der Waals surface area contributed by atoms with Crippen molar-refractivity contribution in [3.05, 3.63) is 97.1 Å². The van der Waals surface area contributed by atoms with E-state index in [1.807, 2.05) is 6.92 Å². The van der Waals surface area contributed by atoms with Crippen LogP contribution in [0.4, 0.5) is 15.8 Å². The van der Waals surface area contributed by atoms with Crippen LogP contribution in [0.2, 0.25) is 0 Å². The second-order valence-corrected chi connectivity index (χ2v) is 9.96. The minimum atomic E-state index is -0.508. The molecule has 184 valence electrons. The molecule has 7 nitrogen and oxygen atoms in total. The summed E-state index contributed by atoms with van der Waals surface area (Å²) in [6, 6.07) is 15.5. The number of thioether (sulfide) groups is 1. The Balaban J connectivity index is 1.59. The standard InChI is InChI=1S/C25H18BrFN2O5S2/c1-2-33-21-12-15(11-19(26)23(21)34-14-16-5-3-4-6-20(16)27)13-22-24(30)28(25(35)36-22)17-7-9-18(10-8-17)29(31)32/h3-13H,2,14H2,1H3/b22-13+. The number of halogens is 2. The van der Waals surface area contributed by atoms with Crippen LogP contribution in [-0.2, 0) is 11.4 Å². The fourth-order valence-corrected chi connectivity index (χ4v) is 5.28. The molecule has 1 saturated heterocycles. The van der Waals surface area contributed by atoms with E-state index in [9.17, 15) is 19.3 Å². The first-order valence-corrected chi connectivity index (χ1v) is 12.6. The van der Waals surface area contributed by atoms with Crippen LogP contribution in [0, 0.1) is 15.9 Å². The first-order valence-electron chi connectivity index (χ1n) is 10.6. The molecular weight excluding hydrogens is 571 g/mol. The van der Waals surface area contributed by atoms with E-state index in [0.717, 1.165) is 11.8 Å². The molecule has 0 atom stereocenters. The molecule has 1 fully saturated rings. The minimum Gasteiger partial charge on any atom is -0.490 e. The average Bonchev–Trinajstić information content (AvgIpc) is 3.12. The summed E-state index contributed by atoms with van der Waals surface area (Å²) in [5, 5.41) is 10.9. The van der Waals surface area contributed by atoms with Gasteiger partial charge in [0.1, 0.15) is 12.4 Å². The van der Waals surface area contributed by atoms with Crippen molar-refractivity contribution in [3.63, 3.8) is 0 Å². The lowest BCUT2D eigenvalue weighted by atomic mass is 10.1. The minimum absolute atomic E-state index is 0.0125. The second-order valence-electron chi connectivity index (χ2n) is 7.43. The topological polar surface area (TPSA) is 81.9 Å². The van der Waals surface area contributed by atoms with Crippen molar-refractivity contribution >= 4 is 67.6 Å². The molecule has 0 bridgehead atoms. The van der Waals surface area contributed by atoms with Gasteiger partial charge in [0.05, 0.1) is 26.6 Å². The molecule has 36 heavy (non-hydrogen) atoms. The number of nitrogens with zero attached hydrogens (tertiary/aromatic N) is 2. The van der Waals surface area contributed by atoms with Crippen molar-refractivity contribution in [2.24, 2.45) is 0 Å². The zero-order valence-electron chi connectivity index (χ0n) is 18.8. The van der Waals surface area contributed by atoms with E-state index in [2.05, 4.69) is 15.9 Å². The molecule has 0 N–H and O–H groups in total. The Bertz CT molecular complexity index is 1380. The fraction of sp³-hybridized carbons (Fsp3) is 0.120. The third-order valence-electron chi connectivity index (χ3n) is 5.07. The van der Waals surface area contributed by atoms with Gasteiger partial charge in [-0.3, -0.25) is 19.8 Å². The summed E-state index contributed by atoms with van der Waals surface area (Å²) in [5.41, 5.74) is 1.43. The summed E-state index contributed by atoms with van der Waals surface area (Å²) in [6.07, 6.45) is 1.68. The molecule has 0 spiro atoms. The number of benzene rings is 3. The van der Waals surface area contributed by atoms with Gasteiger partial charge in [0.2, 0.25) is 0 Å². The maximum absolute atomic E-state index is 14.0. The SMILES string of the molecule is CCOc1cc(/C=C2/SC(=S)N(c3ccc([N+](=O)[O-])cc3)C2=O)cc(Br)c1OCc1ccccc1F. The maximum atomic E-state index is 14.0. The molecule has 4 rings (SSSR count). The summed E-state index contributed by atoms with van der Waals surface area (Å²) in [5.74, 6) is 0.141. The Morgan fingerprint density at radius 2 is 1.89 bits per heavy atom. The summed E-state index contributed by atoms with van der Waals surface area (Å²) in [6.45, 7) is 2.21. The molecule has 0 aromatic heterocycles. The first-order chi connectivity index (χ1) is 17.3. The molecule has 0 aliphatic carbocycles. The van der Waals surface area contributed by atoms with Crippen LogP contribution in [0.5, 0.6) is 11.5 Å². The Labute approximate surface area is 224 Å². The summed E-state index contributed by atoms with van der Waals surface area (Å²) < 4.78 is 26.5. The maximum Gasteiger partial charge on any atom is 0.270 e. The molecule has 3 aromatic rings. The highest BCUT2D eigenvalue weighted by molar-refractivity contribution is 9.10. The molecule has 1 aliphatic heterocycles. The van der Waals surface area contributed by atoms with Gasteiger partial charge in [0, 0.05) is 17.7 Å². The van der Waals surface area contributed by atoms with Crippen LogP contribution < -0.4 is 14.4 Å². The number of non-ortho nitro benzene ring substituents is 1. The molecule has 3 aromatic carbocycles. The smallest absolute Gasteiger partial charge is 0.270 e. The molecule has 0 saturated carbocycles. The van der Waals surface area contributed by atoms with E-state index in [1.165, 1.54) is 35.2 Å². The number of amides is 1. The van der Waals surface area contributed by atoms with Crippen molar-refractivity contribution in [2.45, 2.75) is 13.5 Å². The normalized spacial score (nSPS) is 14.4. The lowest BCUT2D eigenvalue weighted by Gasteiger charge is -2.15. The van der Waals surface area contributed by atoms with E-state index >= 15 is 0 Å².